The molecule has 4 heterocycles. The number of hydrogen-bond donors (Lipinski definition) is 4. The van der Waals surface area contributed by atoms with Crippen LogP contribution in [0, 0.1) is 0 Å². The first-order valence-corrected chi connectivity index (χ1v) is 10.7. The fourth-order valence-electron chi connectivity index (χ4n) is 4.37. The van der Waals surface area contributed by atoms with Crippen LogP contribution < -0.4 is 11.5 Å². The Morgan fingerprint density at radius 1 is 1.18 bits per heavy atom. The summed E-state index contributed by atoms with van der Waals surface area (Å²) in [6, 6.07) is 6.50. The second kappa shape index (κ2) is 8.29. The number of ether oxygens (including phenoxy) is 2. The van der Waals surface area contributed by atoms with Gasteiger partial charge in [-0.25, -0.2) is 9.88 Å². The Kier molecular flexibility index (Phi) is 5.40. The van der Waals surface area contributed by atoms with E-state index in [1.165, 1.54) is 10.9 Å². The van der Waals surface area contributed by atoms with Gasteiger partial charge in [0.1, 0.15) is 30.1 Å². The van der Waals surface area contributed by atoms with Crippen LogP contribution in [0.4, 0.5) is 11.8 Å². The average molecular weight is 469 g/mol. The number of imidazole rings is 1. The first kappa shape index (κ1) is 22.2. The molecule has 178 valence electrons. The molecule has 1 fully saturated rings. The fourth-order valence-corrected chi connectivity index (χ4v) is 4.37. The third kappa shape index (κ3) is 3.28. The topological polar surface area (TPSA) is 192 Å². The van der Waals surface area contributed by atoms with Crippen molar-refractivity contribution in [3.8, 4) is 0 Å². The van der Waals surface area contributed by atoms with Crippen molar-refractivity contribution in [2.75, 3.05) is 18.1 Å². The highest BCUT2D eigenvalue weighted by molar-refractivity contribution is 6.21. The lowest BCUT2D eigenvalue weighted by Crippen LogP contribution is -2.46. The van der Waals surface area contributed by atoms with E-state index in [0.717, 1.165) is 4.90 Å². The molecule has 6 N–H and O–H groups in total. The normalized spacial score (nSPS) is 25.3. The van der Waals surface area contributed by atoms with Crippen LogP contribution >= 0.6 is 0 Å². The van der Waals surface area contributed by atoms with Crippen molar-refractivity contribution in [3.63, 3.8) is 0 Å². The zero-order chi connectivity index (χ0) is 24.1. The number of aliphatic hydroxyl groups excluding tert-OH is 2. The van der Waals surface area contributed by atoms with Gasteiger partial charge in [0, 0.05) is 0 Å². The maximum Gasteiger partial charge on any atom is 0.263 e. The fraction of sp³-hybridized carbons (Fsp3) is 0.381. The summed E-state index contributed by atoms with van der Waals surface area (Å²) in [5, 5.41) is 20.6. The Bertz CT molecular complexity index is 1240. The van der Waals surface area contributed by atoms with Crippen LogP contribution in [-0.4, -0.2) is 77.6 Å². The number of fused-ring (bicyclic) bond motifs is 2. The quantitative estimate of drug-likeness (QED) is 0.345. The van der Waals surface area contributed by atoms with Crippen LogP contribution in [0.1, 0.15) is 40.3 Å². The molecule has 0 spiro atoms. The monoisotopic (exact) mass is 469 g/mol. The molecule has 1 aromatic carbocycles. The van der Waals surface area contributed by atoms with Crippen molar-refractivity contribution >= 4 is 34.7 Å². The average Bonchev–Trinajstić information content (AvgIpc) is 3.46. The third-order valence-electron chi connectivity index (χ3n) is 6.01. The highest BCUT2D eigenvalue weighted by Gasteiger charge is 2.49. The number of anilines is 2. The molecule has 2 aliphatic heterocycles. The third-order valence-corrected chi connectivity index (χ3v) is 6.01. The lowest BCUT2D eigenvalue weighted by molar-refractivity contribution is -0.131. The molecule has 13 nitrogen and oxygen atoms in total. The number of rotatable bonds is 6. The van der Waals surface area contributed by atoms with E-state index in [1.54, 1.807) is 31.2 Å². The Labute approximate surface area is 192 Å². The summed E-state index contributed by atoms with van der Waals surface area (Å²) in [7, 11) is 0. The Morgan fingerprint density at radius 2 is 1.85 bits per heavy atom. The number of aliphatic hydroxyl groups is 2. The zero-order valence-electron chi connectivity index (χ0n) is 18.1. The van der Waals surface area contributed by atoms with Crippen molar-refractivity contribution < 1.29 is 29.3 Å². The van der Waals surface area contributed by atoms with Crippen molar-refractivity contribution in [2.45, 2.75) is 44.1 Å². The van der Waals surface area contributed by atoms with Gasteiger partial charge < -0.3 is 31.2 Å². The minimum atomic E-state index is -1.28. The predicted octanol–water partition coefficient (Wildman–Crippen LogP) is -0.341. The number of hydrogen-bond acceptors (Lipinski definition) is 11. The number of amides is 2. The second-order valence-corrected chi connectivity index (χ2v) is 8.02. The molecule has 2 aromatic heterocycles. The molecule has 2 aliphatic rings. The lowest BCUT2D eigenvalue weighted by atomic mass is 10.1. The van der Waals surface area contributed by atoms with Gasteiger partial charge in [-0.1, -0.05) is 19.1 Å². The van der Waals surface area contributed by atoms with Gasteiger partial charge in [0.2, 0.25) is 5.95 Å². The molecule has 3 aromatic rings. The van der Waals surface area contributed by atoms with Gasteiger partial charge in [-0.3, -0.25) is 14.2 Å². The first-order valence-electron chi connectivity index (χ1n) is 10.7. The van der Waals surface area contributed by atoms with E-state index in [0.29, 0.717) is 0 Å². The molecular weight excluding hydrogens is 446 g/mol. The molecule has 5 atom stereocenters. The molecule has 0 aliphatic carbocycles. The van der Waals surface area contributed by atoms with Crippen molar-refractivity contribution in [2.24, 2.45) is 0 Å². The molecule has 0 bridgehead atoms. The van der Waals surface area contributed by atoms with Crippen LogP contribution in [0.2, 0.25) is 0 Å². The molecule has 1 unspecified atom stereocenters. The highest BCUT2D eigenvalue weighted by atomic mass is 16.6. The summed E-state index contributed by atoms with van der Waals surface area (Å²) < 4.78 is 13.5. The van der Waals surface area contributed by atoms with Crippen LogP contribution in [0.5, 0.6) is 0 Å². The van der Waals surface area contributed by atoms with E-state index < -0.39 is 49.2 Å². The Morgan fingerprint density at radius 3 is 2.47 bits per heavy atom. The van der Waals surface area contributed by atoms with E-state index in [4.69, 9.17) is 20.9 Å². The van der Waals surface area contributed by atoms with Crippen LogP contribution in [0.25, 0.3) is 11.2 Å². The minimum absolute atomic E-state index is 0.0634. The molecule has 5 rings (SSSR count). The summed E-state index contributed by atoms with van der Waals surface area (Å²) in [6.45, 7) is 1.25. The lowest BCUT2D eigenvalue weighted by Gasteiger charge is -2.31. The minimum Gasteiger partial charge on any atom is -0.394 e. The van der Waals surface area contributed by atoms with Crippen LogP contribution in [0.15, 0.2) is 30.6 Å². The number of benzene rings is 1. The Hall–Kier alpha value is -3.65. The first-order chi connectivity index (χ1) is 16.3. The molecule has 34 heavy (non-hydrogen) atoms. The number of nitrogens with zero attached hydrogens (tertiary/aromatic N) is 5. The number of aromatic nitrogens is 4. The zero-order valence-corrected chi connectivity index (χ0v) is 18.1. The van der Waals surface area contributed by atoms with E-state index in [1.807, 2.05) is 0 Å². The largest absolute Gasteiger partial charge is 0.394 e. The molecule has 13 heteroatoms. The molecule has 1 saturated heterocycles. The summed E-state index contributed by atoms with van der Waals surface area (Å²) in [5.74, 6) is -0.998. The van der Waals surface area contributed by atoms with Crippen molar-refractivity contribution in [1.29, 1.82) is 0 Å². The maximum atomic E-state index is 13.0. The maximum absolute atomic E-state index is 13.0. The Balaban J connectivity index is 1.50. The van der Waals surface area contributed by atoms with Gasteiger partial charge >= 0.3 is 0 Å². The molecular formula is C21H23N7O6. The predicted molar refractivity (Wildman–Crippen MR) is 117 cm³/mol. The van der Waals surface area contributed by atoms with Gasteiger partial charge in [0.05, 0.1) is 24.1 Å². The van der Waals surface area contributed by atoms with Crippen molar-refractivity contribution in [1.82, 2.24) is 24.4 Å². The van der Waals surface area contributed by atoms with Gasteiger partial charge in [-0.05, 0) is 18.6 Å². The number of carbonyl (C=O) groups is 2. The van der Waals surface area contributed by atoms with Crippen molar-refractivity contribution in [3.05, 3.63) is 41.7 Å². The number of nitrogen functional groups attached to an aromatic ring is 2. The summed E-state index contributed by atoms with van der Waals surface area (Å²) >= 11 is 0. The number of nitrogens with two attached hydrogens (primary N) is 2. The SMILES string of the molecule is CCC(O[C@@H]1[C@H](O)[C@@H](CO)O[C@H]1n1cnc2c(N)nc(N)nc21)N1C(=O)c2ccccc2C1=O. The number of carbonyl (C=O) groups excluding carboxylic acids is 2. The standard InChI is InChI=1S/C21H23N7O6/c1-2-12(28-18(31)9-5-3-4-6-10(9)19(28)32)34-15-14(30)11(7-29)33-20(15)27-8-24-13-16(22)25-21(23)26-17(13)27/h3-6,8,11-12,14-15,20,29-30H,2,7H2,1H3,(H4,22,23,25,26)/t11-,12?,14-,15-,20-/m1/s1. The van der Waals surface area contributed by atoms with Gasteiger partial charge in [0.15, 0.2) is 17.7 Å². The van der Waals surface area contributed by atoms with E-state index >= 15 is 0 Å². The van der Waals surface area contributed by atoms with E-state index in [2.05, 4.69) is 15.0 Å². The summed E-state index contributed by atoms with van der Waals surface area (Å²) in [5.41, 5.74) is 12.7. The van der Waals surface area contributed by atoms with Gasteiger partial charge in [0.25, 0.3) is 11.8 Å². The molecule has 0 saturated carbocycles. The van der Waals surface area contributed by atoms with Gasteiger partial charge in [-0.2, -0.15) is 9.97 Å². The van der Waals surface area contributed by atoms with Gasteiger partial charge in [-0.15, -0.1) is 0 Å². The molecule has 2 amide bonds. The van der Waals surface area contributed by atoms with E-state index in [-0.39, 0.29) is 40.5 Å². The smallest absolute Gasteiger partial charge is 0.263 e. The summed E-state index contributed by atoms with van der Waals surface area (Å²) in [6.07, 6.45) is -3.77. The van der Waals surface area contributed by atoms with E-state index in [9.17, 15) is 19.8 Å². The van der Waals surface area contributed by atoms with Crippen LogP contribution in [-0.2, 0) is 9.47 Å². The second-order valence-electron chi connectivity index (χ2n) is 8.02. The number of imide groups is 1. The summed E-state index contributed by atoms with van der Waals surface area (Å²) in [4.78, 5) is 39.2. The highest BCUT2D eigenvalue weighted by Crippen LogP contribution is 2.36. The van der Waals surface area contributed by atoms with Crippen LogP contribution in [0.3, 0.4) is 0 Å². The molecule has 0 radical (unpaired) electrons.